The zero-order valence-corrected chi connectivity index (χ0v) is 16.1. The van der Waals surface area contributed by atoms with Crippen LogP contribution in [0.2, 0.25) is 5.02 Å². The van der Waals surface area contributed by atoms with E-state index < -0.39 is 0 Å². The van der Waals surface area contributed by atoms with Crippen LogP contribution in [0.3, 0.4) is 0 Å². The monoisotopic (exact) mass is 359 g/mol. The van der Waals surface area contributed by atoms with Gasteiger partial charge in [-0.3, -0.25) is 4.79 Å². The molecule has 0 saturated heterocycles. The van der Waals surface area contributed by atoms with Crippen molar-refractivity contribution in [3.05, 3.63) is 64.7 Å². The van der Waals surface area contributed by atoms with Crippen LogP contribution in [0.5, 0.6) is 5.75 Å². The third-order valence-electron chi connectivity index (χ3n) is 4.50. The zero-order chi connectivity index (χ0) is 18.4. The highest BCUT2D eigenvalue weighted by atomic mass is 35.5. The van der Waals surface area contributed by atoms with Crippen LogP contribution in [-0.2, 0) is 10.2 Å². The molecule has 0 bridgehead atoms. The minimum atomic E-state index is -0.186. The molecule has 0 saturated carbocycles. The summed E-state index contributed by atoms with van der Waals surface area (Å²) in [6, 6.07) is 15.6. The molecule has 2 aromatic carbocycles. The van der Waals surface area contributed by atoms with Gasteiger partial charge in [0.1, 0.15) is 5.75 Å². The molecule has 1 atom stereocenters. The molecule has 0 aromatic heterocycles. The number of rotatable bonds is 7. The molecule has 4 heteroatoms. The zero-order valence-electron chi connectivity index (χ0n) is 15.3. The number of methoxy groups -OCH3 is 1. The highest BCUT2D eigenvalue weighted by Crippen LogP contribution is 2.29. The van der Waals surface area contributed by atoms with Gasteiger partial charge in [0.2, 0.25) is 5.91 Å². The van der Waals surface area contributed by atoms with Crippen molar-refractivity contribution in [2.75, 3.05) is 13.7 Å². The number of hydrogen-bond acceptors (Lipinski definition) is 2. The standard InChI is InChI=1S/C21H26ClNO2/c1-15(18-10-5-6-11-19(18)25-4)12-20(24)23-14-21(2,3)16-8-7-9-17(22)13-16/h5-11,13,15H,12,14H2,1-4H3,(H,23,24). The number of para-hydroxylation sites is 1. The number of amides is 1. The summed E-state index contributed by atoms with van der Waals surface area (Å²) in [4.78, 5) is 12.4. The lowest BCUT2D eigenvalue weighted by molar-refractivity contribution is -0.121. The molecule has 2 aromatic rings. The molecule has 1 N–H and O–H groups in total. The smallest absolute Gasteiger partial charge is 0.220 e. The van der Waals surface area contributed by atoms with Crippen LogP contribution in [-0.4, -0.2) is 19.6 Å². The van der Waals surface area contributed by atoms with E-state index in [0.717, 1.165) is 16.9 Å². The van der Waals surface area contributed by atoms with Gasteiger partial charge in [-0.2, -0.15) is 0 Å². The molecule has 0 aliphatic carbocycles. The number of ether oxygens (including phenoxy) is 1. The Morgan fingerprint density at radius 2 is 1.92 bits per heavy atom. The molecule has 0 aliphatic rings. The van der Waals surface area contributed by atoms with Crippen LogP contribution in [0.15, 0.2) is 48.5 Å². The fraction of sp³-hybridized carbons (Fsp3) is 0.381. The molecule has 0 heterocycles. The Bertz CT molecular complexity index is 727. The molecule has 1 amide bonds. The summed E-state index contributed by atoms with van der Waals surface area (Å²) in [5, 5.41) is 3.77. The Balaban J connectivity index is 1.96. The number of halogens is 1. The number of nitrogens with one attached hydrogen (secondary N) is 1. The average Bonchev–Trinajstić information content (AvgIpc) is 2.60. The maximum Gasteiger partial charge on any atom is 0.220 e. The van der Waals surface area contributed by atoms with E-state index in [9.17, 15) is 4.79 Å². The lowest BCUT2D eigenvalue weighted by atomic mass is 9.84. The minimum absolute atomic E-state index is 0.0357. The second kappa shape index (κ2) is 8.39. The maximum absolute atomic E-state index is 12.4. The molecular weight excluding hydrogens is 334 g/mol. The van der Waals surface area contributed by atoms with Crippen LogP contribution in [0.1, 0.15) is 44.2 Å². The number of hydrogen-bond donors (Lipinski definition) is 1. The first-order valence-electron chi connectivity index (χ1n) is 8.49. The Labute approximate surface area is 155 Å². The Morgan fingerprint density at radius 3 is 2.60 bits per heavy atom. The lowest BCUT2D eigenvalue weighted by Crippen LogP contribution is -2.37. The second-order valence-corrected chi connectivity index (χ2v) is 7.45. The highest BCUT2D eigenvalue weighted by molar-refractivity contribution is 6.30. The quantitative estimate of drug-likeness (QED) is 0.760. The van der Waals surface area contributed by atoms with Gasteiger partial charge in [0, 0.05) is 23.4 Å². The molecule has 0 fully saturated rings. The summed E-state index contributed by atoms with van der Waals surface area (Å²) >= 11 is 6.08. The van der Waals surface area contributed by atoms with E-state index >= 15 is 0 Å². The summed E-state index contributed by atoms with van der Waals surface area (Å²) < 4.78 is 5.39. The summed E-state index contributed by atoms with van der Waals surface area (Å²) in [6.45, 7) is 6.80. The highest BCUT2D eigenvalue weighted by Gasteiger charge is 2.22. The first kappa shape index (κ1) is 19.3. The van der Waals surface area contributed by atoms with Crippen molar-refractivity contribution in [3.8, 4) is 5.75 Å². The summed E-state index contributed by atoms with van der Waals surface area (Å²) in [5.41, 5.74) is 1.97. The fourth-order valence-electron chi connectivity index (χ4n) is 2.86. The molecule has 134 valence electrons. The van der Waals surface area contributed by atoms with Gasteiger partial charge in [0.25, 0.3) is 0 Å². The molecule has 25 heavy (non-hydrogen) atoms. The van der Waals surface area contributed by atoms with Crippen molar-refractivity contribution in [2.24, 2.45) is 0 Å². The third kappa shape index (κ3) is 5.23. The molecule has 3 nitrogen and oxygen atoms in total. The number of carbonyl (C=O) groups is 1. The van der Waals surface area contributed by atoms with Crippen molar-refractivity contribution in [1.82, 2.24) is 5.32 Å². The van der Waals surface area contributed by atoms with Crippen molar-refractivity contribution in [3.63, 3.8) is 0 Å². The predicted octanol–water partition coefficient (Wildman–Crippen LogP) is 4.94. The van der Waals surface area contributed by atoms with E-state index in [1.54, 1.807) is 7.11 Å². The van der Waals surface area contributed by atoms with Crippen molar-refractivity contribution < 1.29 is 9.53 Å². The van der Waals surface area contributed by atoms with Crippen LogP contribution in [0.25, 0.3) is 0 Å². The first-order chi connectivity index (χ1) is 11.8. The summed E-state index contributed by atoms with van der Waals surface area (Å²) in [5.74, 6) is 0.945. The largest absolute Gasteiger partial charge is 0.496 e. The minimum Gasteiger partial charge on any atom is -0.496 e. The maximum atomic E-state index is 12.4. The van der Waals surface area contributed by atoms with Gasteiger partial charge in [-0.05, 0) is 35.2 Å². The lowest BCUT2D eigenvalue weighted by Gasteiger charge is -2.26. The summed E-state index contributed by atoms with van der Waals surface area (Å²) in [7, 11) is 1.65. The van der Waals surface area contributed by atoms with Crippen LogP contribution in [0, 0.1) is 0 Å². The van der Waals surface area contributed by atoms with Gasteiger partial charge in [0.15, 0.2) is 0 Å². The van der Waals surface area contributed by atoms with Gasteiger partial charge < -0.3 is 10.1 Å². The Kier molecular flexibility index (Phi) is 6.49. The van der Waals surface area contributed by atoms with Crippen LogP contribution >= 0.6 is 11.6 Å². The van der Waals surface area contributed by atoms with Gasteiger partial charge in [-0.25, -0.2) is 0 Å². The van der Waals surface area contributed by atoms with Gasteiger partial charge in [-0.1, -0.05) is 62.7 Å². The molecule has 0 radical (unpaired) electrons. The van der Waals surface area contributed by atoms with Crippen LogP contribution < -0.4 is 10.1 Å². The number of carbonyl (C=O) groups excluding carboxylic acids is 1. The van der Waals surface area contributed by atoms with Gasteiger partial charge in [0.05, 0.1) is 7.11 Å². The fourth-order valence-corrected chi connectivity index (χ4v) is 3.06. The second-order valence-electron chi connectivity index (χ2n) is 7.02. The van der Waals surface area contributed by atoms with Crippen molar-refractivity contribution in [1.29, 1.82) is 0 Å². The van der Waals surface area contributed by atoms with Crippen molar-refractivity contribution >= 4 is 17.5 Å². The Hall–Kier alpha value is -2.00. The average molecular weight is 360 g/mol. The van der Waals surface area contributed by atoms with Crippen molar-refractivity contribution in [2.45, 2.75) is 38.5 Å². The van der Waals surface area contributed by atoms with Gasteiger partial charge >= 0.3 is 0 Å². The number of benzene rings is 2. The molecule has 0 spiro atoms. The topological polar surface area (TPSA) is 38.3 Å². The van der Waals surface area contributed by atoms with Crippen LogP contribution in [0.4, 0.5) is 0 Å². The predicted molar refractivity (Wildman–Crippen MR) is 104 cm³/mol. The van der Waals surface area contributed by atoms with E-state index in [1.807, 2.05) is 55.5 Å². The third-order valence-corrected chi connectivity index (χ3v) is 4.73. The normalized spacial score (nSPS) is 12.5. The molecule has 1 unspecified atom stereocenters. The van der Waals surface area contributed by atoms with E-state index in [1.165, 1.54) is 0 Å². The Morgan fingerprint density at radius 1 is 1.20 bits per heavy atom. The van der Waals surface area contributed by atoms with E-state index in [2.05, 4.69) is 19.2 Å². The van der Waals surface area contributed by atoms with E-state index in [-0.39, 0.29) is 17.2 Å². The molecule has 0 aliphatic heterocycles. The van der Waals surface area contributed by atoms with E-state index in [0.29, 0.717) is 18.0 Å². The first-order valence-corrected chi connectivity index (χ1v) is 8.87. The molecule has 2 rings (SSSR count). The SMILES string of the molecule is COc1ccccc1C(C)CC(=O)NCC(C)(C)c1cccc(Cl)c1. The van der Waals surface area contributed by atoms with Gasteiger partial charge in [-0.15, -0.1) is 0 Å². The summed E-state index contributed by atoms with van der Waals surface area (Å²) in [6.07, 6.45) is 0.423. The van der Waals surface area contributed by atoms with E-state index in [4.69, 9.17) is 16.3 Å². The molecular formula is C21H26ClNO2.